The Kier molecular flexibility index (Phi) is 6.45. The number of benzene rings is 1. The molecule has 0 N–H and O–H groups in total. The maximum atomic E-state index is 12.0. The lowest BCUT2D eigenvalue weighted by Gasteiger charge is -2.47. The Balaban J connectivity index is 1.81. The Hall–Kier alpha value is -2.40. The molecule has 0 atom stereocenters. The number of hydrogen-bond donors (Lipinski definition) is 0. The normalized spacial score (nSPS) is 19.7. The van der Waals surface area contributed by atoms with Gasteiger partial charge >= 0.3 is 11.9 Å². The van der Waals surface area contributed by atoms with Crippen LogP contribution in [0.5, 0.6) is 5.75 Å². The van der Waals surface area contributed by atoms with E-state index in [0.717, 1.165) is 44.5 Å². The molecule has 0 amide bonds. The van der Waals surface area contributed by atoms with Gasteiger partial charge in [-0.1, -0.05) is 43.5 Å². The second kappa shape index (κ2) is 9.00. The number of rotatable bonds is 5. The van der Waals surface area contributed by atoms with Gasteiger partial charge in [-0.2, -0.15) is 0 Å². The largest absolute Gasteiger partial charge is 0.466 e. The first-order valence-electron chi connectivity index (χ1n) is 9.62. The molecule has 1 aromatic carbocycles. The molecule has 0 saturated heterocycles. The van der Waals surface area contributed by atoms with Gasteiger partial charge in [-0.3, -0.25) is 4.90 Å². The van der Waals surface area contributed by atoms with Crippen LogP contribution in [0.3, 0.4) is 0 Å². The van der Waals surface area contributed by atoms with E-state index in [9.17, 15) is 9.59 Å². The van der Waals surface area contributed by atoms with E-state index in [1.54, 1.807) is 6.07 Å². The third kappa shape index (κ3) is 4.66. The van der Waals surface area contributed by atoms with Gasteiger partial charge in [0.15, 0.2) is 0 Å². The van der Waals surface area contributed by atoms with Crippen LogP contribution in [-0.2, 0) is 19.9 Å². The molecule has 5 heteroatoms. The Bertz CT molecular complexity index is 732. The highest BCUT2D eigenvalue weighted by atomic mass is 16.5. The van der Waals surface area contributed by atoms with Crippen LogP contribution < -0.4 is 4.74 Å². The molecule has 5 nitrogen and oxygen atoms in total. The first kappa shape index (κ1) is 19.4. The molecule has 1 aliphatic carbocycles. The molecule has 1 heterocycles. The topological polar surface area (TPSA) is 55.8 Å². The molecule has 1 aliphatic heterocycles. The van der Waals surface area contributed by atoms with E-state index in [1.165, 1.54) is 31.9 Å². The third-order valence-corrected chi connectivity index (χ3v) is 5.49. The summed E-state index contributed by atoms with van der Waals surface area (Å²) in [7, 11) is 1.26. The van der Waals surface area contributed by atoms with E-state index in [1.807, 2.05) is 12.1 Å². The third-order valence-electron chi connectivity index (χ3n) is 5.49. The molecule has 27 heavy (non-hydrogen) atoms. The number of nitrogens with zero attached hydrogens (tertiary/aromatic N) is 1. The molecular formula is C22H27NO4. The zero-order valence-electron chi connectivity index (χ0n) is 15.9. The zero-order valence-corrected chi connectivity index (χ0v) is 15.9. The Labute approximate surface area is 160 Å². The summed E-state index contributed by atoms with van der Waals surface area (Å²) in [5.41, 5.74) is 1.22. The van der Waals surface area contributed by atoms with Crippen LogP contribution >= 0.6 is 0 Å². The van der Waals surface area contributed by atoms with Crippen LogP contribution in [-0.4, -0.2) is 37.0 Å². The molecular weight excluding hydrogens is 342 g/mol. The number of carbonyl (C=O) groups is 2. The van der Waals surface area contributed by atoms with Crippen molar-refractivity contribution < 1.29 is 19.1 Å². The van der Waals surface area contributed by atoms with E-state index in [4.69, 9.17) is 4.74 Å². The molecule has 0 spiro atoms. The first-order chi connectivity index (χ1) is 13.1. The fourth-order valence-corrected chi connectivity index (χ4v) is 4.16. The van der Waals surface area contributed by atoms with Gasteiger partial charge in [-0.05, 0) is 37.0 Å². The monoisotopic (exact) mass is 369 g/mol. The minimum absolute atomic E-state index is 0.00723. The van der Waals surface area contributed by atoms with Crippen molar-refractivity contribution >= 4 is 11.9 Å². The first-order valence-corrected chi connectivity index (χ1v) is 9.62. The molecule has 144 valence electrons. The Morgan fingerprint density at radius 2 is 1.85 bits per heavy atom. The number of ether oxygens (including phenoxy) is 2. The van der Waals surface area contributed by atoms with Crippen molar-refractivity contribution in [1.29, 1.82) is 0 Å². The maximum absolute atomic E-state index is 12.0. The van der Waals surface area contributed by atoms with Crippen molar-refractivity contribution in [2.24, 2.45) is 0 Å². The average Bonchev–Trinajstić information content (AvgIpc) is 2.73. The molecule has 0 radical (unpaired) electrons. The minimum Gasteiger partial charge on any atom is -0.466 e. The highest BCUT2D eigenvalue weighted by molar-refractivity contribution is 5.92. The lowest BCUT2D eigenvalue weighted by molar-refractivity contribution is -0.135. The van der Waals surface area contributed by atoms with Gasteiger partial charge in [-0.25, -0.2) is 9.59 Å². The van der Waals surface area contributed by atoms with E-state index < -0.39 is 11.9 Å². The molecule has 1 aromatic rings. The van der Waals surface area contributed by atoms with Crippen LogP contribution in [0.15, 0.2) is 48.6 Å². The van der Waals surface area contributed by atoms with Crippen molar-refractivity contribution in [3.63, 3.8) is 0 Å². The van der Waals surface area contributed by atoms with Gasteiger partial charge in [-0.15, -0.1) is 0 Å². The van der Waals surface area contributed by atoms with Gasteiger partial charge < -0.3 is 9.47 Å². The van der Waals surface area contributed by atoms with Crippen molar-refractivity contribution in [1.82, 2.24) is 4.90 Å². The van der Waals surface area contributed by atoms with Gasteiger partial charge in [0.25, 0.3) is 0 Å². The van der Waals surface area contributed by atoms with Crippen LogP contribution in [0.1, 0.15) is 44.1 Å². The highest BCUT2D eigenvalue weighted by Gasteiger charge is 2.39. The SMILES string of the molecule is COC(=O)/C=C/C(=O)Oc1cccc(C2(N3CC=CCC3)CCCCC2)c1. The molecule has 0 bridgehead atoms. The fourth-order valence-electron chi connectivity index (χ4n) is 4.16. The summed E-state index contributed by atoms with van der Waals surface area (Å²) in [4.78, 5) is 25.7. The summed E-state index contributed by atoms with van der Waals surface area (Å²) in [6.45, 7) is 2.02. The Morgan fingerprint density at radius 1 is 1.07 bits per heavy atom. The maximum Gasteiger partial charge on any atom is 0.336 e. The van der Waals surface area contributed by atoms with Crippen molar-refractivity contribution in [2.75, 3.05) is 20.2 Å². The number of hydrogen-bond acceptors (Lipinski definition) is 5. The minimum atomic E-state index is -0.587. The van der Waals surface area contributed by atoms with Gasteiger partial charge in [0.05, 0.1) is 7.11 Å². The van der Waals surface area contributed by atoms with E-state index in [2.05, 4.69) is 27.9 Å². The summed E-state index contributed by atoms with van der Waals surface area (Å²) in [5.74, 6) is -0.666. The molecule has 1 fully saturated rings. The lowest BCUT2D eigenvalue weighted by Crippen LogP contribution is -2.48. The van der Waals surface area contributed by atoms with Crippen LogP contribution in [0.2, 0.25) is 0 Å². The van der Waals surface area contributed by atoms with Gasteiger partial charge in [0.1, 0.15) is 5.75 Å². The van der Waals surface area contributed by atoms with E-state index in [-0.39, 0.29) is 5.54 Å². The predicted molar refractivity (Wildman–Crippen MR) is 103 cm³/mol. The molecule has 1 saturated carbocycles. The number of carbonyl (C=O) groups excluding carboxylic acids is 2. The van der Waals surface area contributed by atoms with Gasteiger partial charge in [0.2, 0.25) is 0 Å². The summed E-state index contributed by atoms with van der Waals surface area (Å²) in [6, 6.07) is 7.84. The van der Waals surface area contributed by atoms with Crippen LogP contribution in [0.4, 0.5) is 0 Å². The predicted octanol–water partition coefficient (Wildman–Crippen LogP) is 3.74. The summed E-state index contributed by atoms with van der Waals surface area (Å²) in [5, 5.41) is 0. The molecule has 0 unspecified atom stereocenters. The van der Waals surface area contributed by atoms with Crippen LogP contribution in [0, 0.1) is 0 Å². The van der Waals surface area contributed by atoms with E-state index >= 15 is 0 Å². The fraction of sp³-hybridized carbons (Fsp3) is 0.455. The lowest BCUT2D eigenvalue weighted by atomic mass is 9.74. The van der Waals surface area contributed by atoms with E-state index in [0.29, 0.717) is 5.75 Å². The second-order valence-electron chi connectivity index (χ2n) is 7.10. The smallest absolute Gasteiger partial charge is 0.336 e. The molecule has 0 aromatic heterocycles. The Morgan fingerprint density at radius 3 is 2.56 bits per heavy atom. The van der Waals surface area contributed by atoms with Gasteiger partial charge in [0, 0.05) is 30.8 Å². The average molecular weight is 369 g/mol. The molecule has 3 rings (SSSR count). The quantitative estimate of drug-likeness (QED) is 0.342. The van der Waals surface area contributed by atoms with Crippen molar-refractivity contribution in [2.45, 2.75) is 44.1 Å². The second-order valence-corrected chi connectivity index (χ2v) is 7.10. The summed E-state index contributed by atoms with van der Waals surface area (Å²) >= 11 is 0. The summed E-state index contributed by atoms with van der Waals surface area (Å²) < 4.78 is 9.89. The highest BCUT2D eigenvalue weighted by Crippen LogP contribution is 2.43. The number of esters is 2. The zero-order chi connectivity index (χ0) is 19.1. The summed E-state index contributed by atoms with van der Waals surface area (Å²) in [6.07, 6.45) is 13.7. The van der Waals surface area contributed by atoms with Crippen molar-refractivity contribution in [3.8, 4) is 5.75 Å². The standard InChI is InChI=1S/C22H27NO4/c1-26-20(24)11-12-21(25)27-19-10-8-9-18(17-19)22(13-4-2-5-14-22)23-15-6-3-7-16-23/h3,6,8-12,17H,2,4-5,7,13-16H2,1H3/b12-11+. The number of methoxy groups -OCH3 is 1. The molecule has 2 aliphatic rings. The van der Waals surface area contributed by atoms with Crippen LogP contribution in [0.25, 0.3) is 0 Å². The van der Waals surface area contributed by atoms with Crippen molar-refractivity contribution in [3.05, 3.63) is 54.1 Å².